The van der Waals surface area contributed by atoms with Gasteiger partial charge in [0.15, 0.2) is 0 Å². The molecular weight excluding hydrogens is 308 g/mol. The Morgan fingerprint density at radius 1 is 0.920 bits per heavy atom. The van der Waals surface area contributed by atoms with Crippen LogP contribution in [0.4, 0.5) is 0 Å². The molecule has 2 saturated heterocycles. The van der Waals surface area contributed by atoms with E-state index < -0.39 is 0 Å². The average molecular weight is 349 g/mol. The topological polar surface area (TPSA) is 15.7 Å². The van der Waals surface area contributed by atoms with E-state index in [1.807, 2.05) is 0 Å². The van der Waals surface area contributed by atoms with E-state index in [9.17, 15) is 0 Å². The first kappa shape index (κ1) is 18.3. The summed E-state index contributed by atoms with van der Waals surface area (Å²) in [6, 6.07) is 0.720. The zero-order valence-corrected chi connectivity index (χ0v) is 16.9. The maximum Gasteiger partial charge on any atom is 0.0603 e. The van der Waals surface area contributed by atoms with Gasteiger partial charge in [-0.15, -0.1) is 0 Å². The van der Waals surface area contributed by atoms with E-state index in [1.54, 1.807) is 0 Å². The van der Waals surface area contributed by atoms with E-state index >= 15 is 0 Å². The van der Waals surface area contributed by atoms with Crippen molar-refractivity contribution in [1.82, 2.24) is 9.80 Å². The molecule has 2 heterocycles. The fraction of sp³-hybridized carbons (Fsp3) is 1.00. The molecule has 4 fully saturated rings. The molecule has 4 rings (SSSR count). The van der Waals surface area contributed by atoms with Gasteiger partial charge in [-0.2, -0.15) is 0 Å². The zero-order valence-electron chi connectivity index (χ0n) is 16.9. The SMILES string of the molecule is CCC1(CN2CCC(OC3CC4(CCN(C(C)C)CC4)C3)CC2)CC1. The van der Waals surface area contributed by atoms with Crippen molar-refractivity contribution in [3.8, 4) is 0 Å². The summed E-state index contributed by atoms with van der Waals surface area (Å²) in [4.78, 5) is 5.37. The molecule has 2 saturated carbocycles. The van der Waals surface area contributed by atoms with Crippen molar-refractivity contribution in [2.45, 2.75) is 96.8 Å². The summed E-state index contributed by atoms with van der Waals surface area (Å²) in [5.41, 5.74) is 1.36. The standard InChI is InChI=1S/C22H40N2O/c1-4-21(7-8-21)17-23-11-5-19(6-12-23)25-20-15-22(16-20)9-13-24(14-10-22)18(2)3/h18-20H,4-17H2,1-3H3. The van der Waals surface area contributed by atoms with Gasteiger partial charge in [0.1, 0.15) is 0 Å². The smallest absolute Gasteiger partial charge is 0.0603 e. The van der Waals surface area contributed by atoms with Crippen molar-refractivity contribution < 1.29 is 4.74 Å². The van der Waals surface area contributed by atoms with Crippen molar-refractivity contribution in [2.24, 2.45) is 10.8 Å². The lowest BCUT2D eigenvalue weighted by Crippen LogP contribution is -2.52. The van der Waals surface area contributed by atoms with Crippen LogP contribution in [0, 0.1) is 10.8 Å². The van der Waals surface area contributed by atoms with Crippen LogP contribution in [0.5, 0.6) is 0 Å². The van der Waals surface area contributed by atoms with E-state index in [-0.39, 0.29) is 0 Å². The van der Waals surface area contributed by atoms with Crippen molar-refractivity contribution in [3.05, 3.63) is 0 Å². The summed E-state index contributed by atoms with van der Waals surface area (Å²) in [5, 5.41) is 0. The molecule has 0 radical (unpaired) electrons. The highest BCUT2D eigenvalue weighted by Gasteiger charge is 2.47. The number of rotatable bonds is 6. The monoisotopic (exact) mass is 348 g/mol. The van der Waals surface area contributed by atoms with Gasteiger partial charge in [0.05, 0.1) is 12.2 Å². The summed E-state index contributed by atoms with van der Waals surface area (Å²) in [5.74, 6) is 0. The maximum atomic E-state index is 6.51. The van der Waals surface area contributed by atoms with Crippen LogP contribution in [-0.2, 0) is 4.74 Å². The number of nitrogens with zero attached hydrogens (tertiary/aromatic N) is 2. The molecule has 1 spiro atoms. The molecule has 144 valence electrons. The van der Waals surface area contributed by atoms with Crippen LogP contribution in [-0.4, -0.2) is 60.8 Å². The van der Waals surface area contributed by atoms with Gasteiger partial charge in [0.2, 0.25) is 0 Å². The van der Waals surface area contributed by atoms with E-state index in [0.717, 1.165) is 6.04 Å². The van der Waals surface area contributed by atoms with E-state index in [4.69, 9.17) is 4.74 Å². The first-order valence-electron chi connectivity index (χ1n) is 11.1. The second-order valence-electron chi connectivity index (χ2n) is 10.1. The van der Waals surface area contributed by atoms with Crippen LogP contribution in [0.25, 0.3) is 0 Å². The number of piperidine rings is 2. The Balaban J connectivity index is 1.14. The van der Waals surface area contributed by atoms with Gasteiger partial charge in [0.25, 0.3) is 0 Å². The number of hydrogen-bond acceptors (Lipinski definition) is 3. The molecule has 0 aromatic carbocycles. The molecule has 0 bridgehead atoms. The Kier molecular flexibility index (Phi) is 5.20. The molecule has 2 aliphatic heterocycles. The second kappa shape index (κ2) is 7.13. The summed E-state index contributed by atoms with van der Waals surface area (Å²) < 4.78 is 6.51. The fourth-order valence-electron chi connectivity index (χ4n) is 5.68. The van der Waals surface area contributed by atoms with Crippen LogP contribution >= 0.6 is 0 Å². The summed E-state index contributed by atoms with van der Waals surface area (Å²) in [6.07, 6.45) is 13.5. The lowest BCUT2D eigenvalue weighted by Gasteiger charge is -2.53. The van der Waals surface area contributed by atoms with Gasteiger partial charge < -0.3 is 14.5 Å². The molecule has 0 atom stereocenters. The normalized spacial score (nSPS) is 30.7. The van der Waals surface area contributed by atoms with Gasteiger partial charge in [-0.1, -0.05) is 6.92 Å². The minimum Gasteiger partial charge on any atom is -0.375 e. The molecule has 0 unspecified atom stereocenters. The fourth-order valence-corrected chi connectivity index (χ4v) is 5.68. The minimum atomic E-state index is 0.547. The number of ether oxygens (including phenoxy) is 1. The highest BCUT2D eigenvalue weighted by atomic mass is 16.5. The average Bonchev–Trinajstić information content (AvgIpc) is 3.36. The summed E-state index contributed by atoms with van der Waals surface area (Å²) in [7, 11) is 0. The molecule has 3 nitrogen and oxygen atoms in total. The molecule has 0 amide bonds. The van der Waals surface area contributed by atoms with Crippen LogP contribution in [0.2, 0.25) is 0 Å². The van der Waals surface area contributed by atoms with Gasteiger partial charge in [-0.3, -0.25) is 0 Å². The van der Waals surface area contributed by atoms with Gasteiger partial charge >= 0.3 is 0 Å². The number of hydrogen-bond donors (Lipinski definition) is 0. The molecule has 4 aliphatic rings. The lowest BCUT2D eigenvalue weighted by atomic mass is 9.61. The van der Waals surface area contributed by atoms with Gasteiger partial charge in [-0.05, 0) is 95.6 Å². The van der Waals surface area contributed by atoms with E-state index in [2.05, 4.69) is 30.6 Å². The van der Waals surface area contributed by atoms with E-state index in [1.165, 1.54) is 90.5 Å². The predicted molar refractivity (Wildman–Crippen MR) is 104 cm³/mol. The van der Waals surface area contributed by atoms with Crippen molar-refractivity contribution in [2.75, 3.05) is 32.7 Å². The van der Waals surface area contributed by atoms with Crippen molar-refractivity contribution in [3.63, 3.8) is 0 Å². The first-order valence-corrected chi connectivity index (χ1v) is 11.1. The summed E-state index contributed by atoms with van der Waals surface area (Å²) >= 11 is 0. The molecule has 0 aromatic heterocycles. The molecule has 0 aromatic rings. The van der Waals surface area contributed by atoms with Crippen molar-refractivity contribution in [1.29, 1.82) is 0 Å². The molecule has 2 aliphatic carbocycles. The quantitative estimate of drug-likeness (QED) is 0.711. The Labute approximate surface area is 155 Å². The third-order valence-corrected chi connectivity index (χ3v) is 8.10. The zero-order chi connectivity index (χ0) is 17.5. The second-order valence-corrected chi connectivity index (χ2v) is 10.1. The molecule has 0 N–H and O–H groups in total. The predicted octanol–water partition coefficient (Wildman–Crippen LogP) is 4.31. The highest BCUT2D eigenvalue weighted by Crippen LogP contribution is 2.51. The third-order valence-electron chi connectivity index (χ3n) is 8.10. The Morgan fingerprint density at radius 2 is 1.56 bits per heavy atom. The van der Waals surface area contributed by atoms with Gasteiger partial charge in [-0.25, -0.2) is 0 Å². The van der Waals surface area contributed by atoms with Crippen LogP contribution in [0.1, 0.15) is 78.6 Å². The largest absolute Gasteiger partial charge is 0.375 e. The summed E-state index contributed by atoms with van der Waals surface area (Å²) in [6.45, 7) is 13.6. The van der Waals surface area contributed by atoms with Crippen LogP contribution in [0.3, 0.4) is 0 Å². The van der Waals surface area contributed by atoms with Crippen LogP contribution < -0.4 is 0 Å². The maximum absolute atomic E-state index is 6.51. The Hall–Kier alpha value is -0.120. The molecule has 25 heavy (non-hydrogen) atoms. The Bertz CT molecular complexity index is 435. The Morgan fingerprint density at radius 3 is 2.08 bits per heavy atom. The molecular formula is C22H40N2O. The third kappa shape index (κ3) is 4.09. The lowest BCUT2D eigenvalue weighted by molar-refractivity contribution is -0.143. The van der Waals surface area contributed by atoms with E-state index in [0.29, 0.717) is 23.0 Å². The molecule has 3 heteroatoms. The minimum absolute atomic E-state index is 0.547. The highest BCUT2D eigenvalue weighted by molar-refractivity contribution is 4.99. The van der Waals surface area contributed by atoms with Crippen LogP contribution in [0.15, 0.2) is 0 Å². The van der Waals surface area contributed by atoms with Crippen molar-refractivity contribution >= 4 is 0 Å². The number of likely N-dealkylation sites (tertiary alicyclic amines) is 2. The van der Waals surface area contributed by atoms with Gasteiger partial charge in [0, 0.05) is 25.7 Å². The first-order chi connectivity index (χ1) is 12.0.